The summed E-state index contributed by atoms with van der Waals surface area (Å²) in [5.41, 5.74) is 0. The molecule has 0 saturated carbocycles. The fourth-order valence-corrected chi connectivity index (χ4v) is 5.30. The number of carboxylic acid groups (broad SMARTS) is 1. The first-order valence-corrected chi connectivity index (χ1v) is 7.67. The summed E-state index contributed by atoms with van der Waals surface area (Å²) in [6.45, 7) is 3.68. The van der Waals surface area contributed by atoms with Gasteiger partial charge in [0.1, 0.15) is 5.25 Å². The number of aliphatic carboxylic acids is 1. The van der Waals surface area contributed by atoms with Crippen LogP contribution in [0.25, 0.3) is 0 Å². The fourth-order valence-electron chi connectivity index (χ4n) is 1.58. The van der Waals surface area contributed by atoms with Crippen LogP contribution in [-0.2, 0) is 14.6 Å². The molecule has 1 fully saturated rings. The lowest BCUT2D eigenvalue weighted by Gasteiger charge is -2.18. The number of sulfone groups is 1. The molecule has 2 unspecified atom stereocenters. The number of hydrogen-bond acceptors (Lipinski definition) is 4. The van der Waals surface area contributed by atoms with Gasteiger partial charge in [0.05, 0.1) is 11.5 Å². The minimum Gasteiger partial charge on any atom is -0.480 e. The van der Waals surface area contributed by atoms with Gasteiger partial charge in [-0.2, -0.15) is 0 Å². The Labute approximate surface area is 94.4 Å². The van der Waals surface area contributed by atoms with Gasteiger partial charge in [-0.05, 0) is 12.3 Å². The van der Waals surface area contributed by atoms with Crippen LogP contribution < -0.4 is 0 Å². The third-order valence-corrected chi connectivity index (χ3v) is 6.18. The van der Waals surface area contributed by atoms with Gasteiger partial charge in [-0.1, -0.05) is 13.8 Å². The monoisotopic (exact) mass is 252 g/mol. The molecule has 0 bridgehead atoms. The molecule has 15 heavy (non-hydrogen) atoms. The van der Waals surface area contributed by atoms with Crippen molar-refractivity contribution in [2.45, 2.75) is 30.8 Å². The molecular weight excluding hydrogens is 236 g/mol. The van der Waals surface area contributed by atoms with Gasteiger partial charge in [-0.15, -0.1) is 11.8 Å². The zero-order valence-corrected chi connectivity index (χ0v) is 10.5. The molecule has 0 radical (unpaired) electrons. The van der Waals surface area contributed by atoms with Crippen molar-refractivity contribution in [3.05, 3.63) is 0 Å². The highest BCUT2D eigenvalue weighted by molar-refractivity contribution is 8.02. The van der Waals surface area contributed by atoms with E-state index in [2.05, 4.69) is 0 Å². The highest BCUT2D eigenvalue weighted by Crippen LogP contribution is 2.31. The van der Waals surface area contributed by atoms with Crippen molar-refractivity contribution < 1.29 is 18.3 Å². The summed E-state index contributed by atoms with van der Waals surface area (Å²) in [7, 11) is -2.91. The van der Waals surface area contributed by atoms with Gasteiger partial charge in [0, 0.05) is 5.25 Å². The quantitative estimate of drug-likeness (QED) is 0.808. The van der Waals surface area contributed by atoms with Crippen LogP contribution in [0, 0.1) is 5.92 Å². The van der Waals surface area contributed by atoms with E-state index in [9.17, 15) is 13.2 Å². The van der Waals surface area contributed by atoms with E-state index in [0.717, 1.165) is 0 Å². The molecule has 0 aromatic heterocycles. The maximum atomic E-state index is 11.2. The summed E-state index contributed by atoms with van der Waals surface area (Å²) in [6.07, 6.45) is 0.587. The van der Waals surface area contributed by atoms with Crippen LogP contribution >= 0.6 is 11.8 Å². The first-order valence-electron chi connectivity index (χ1n) is 4.90. The molecule has 1 heterocycles. The molecule has 1 saturated heterocycles. The highest BCUT2D eigenvalue weighted by Gasteiger charge is 2.33. The van der Waals surface area contributed by atoms with Crippen LogP contribution in [0.1, 0.15) is 20.3 Å². The van der Waals surface area contributed by atoms with E-state index in [4.69, 9.17) is 5.11 Å². The molecule has 0 amide bonds. The highest BCUT2D eigenvalue weighted by atomic mass is 32.2. The third-order valence-electron chi connectivity index (χ3n) is 2.38. The third kappa shape index (κ3) is 3.68. The summed E-state index contributed by atoms with van der Waals surface area (Å²) >= 11 is 1.29. The molecule has 0 aromatic carbocycles. The van der Waals surface area contributed by atoms with Crippen molar-refractivity contribution >= 4 is 27.6 Å². The molecule has 1 aliphatic rings. The Morgan fingerprint density at radius 1 is 1.47 bits per heavy atom. The molecular formula is C9H16O4S2. The number of thioether (sulfide) groups is 1. The van der Waals surface area contributed by atoms with Gasteiger partial charge in [0.15, 0.2) is 9.84 Å². The number of carboxylic acids is 1. The van der Waals surface area contributed by atoms with Gasteiger partial charge in [-0.3, -0.25) is 4.79 Å². The molecule has 2 atom stereocenters. The summed E-state index contributed by atoms with van der Waals surface area (Å²) in [5.74, 6) is -0.487. The minimum absolute atomic E-state index is 0.0239. The predicted octanol–water partition coefficient (Wildman–Crippen LogP) is 1.02. The molecule has 1 rings (SSSR count). The molecule has 0 aromatic rings. The Bertz CT molecular complexity index is 334. The number of carbonyl (C=O) groups is 1. The lowest BCUT2D eigenvalue weighted by molar-refractivity contribution is -0.137. The second kappa shape index (κ2) is 4.74. The van der Waals surface area contributed by atoms with Gasteiger partial charge in [0.2, 0.25) is 0 Å². The summed E-state index contributed by atoms with van der Waals surface area (Å²) in [6, 6.07) is 0. The Hall–Kier alpha value is -0.230. The molecule has 88 valence electrons. The van der Waals surface area contributed by atoms with Crippen molar-refractivity contribution in [3.63, 3.8) is 0 Å². The lowest BCUT2D eigenvalue weighted by Crippen LogP contribution is -2.26. The summed E-state index contributed by atoms with van der Waals surface area (Å²) in [5, 5.41) is 8.42. The Balaban J connectivity index is 2.58. The summed E-state index contributed by atoms with van der Waals surface area (Å²) in [4.78, 5) is 10.9. The average molecular weight is 252 g/mol. The Kier molecular flexibility index (Phi) is 4.06. The van der Waals surface area contributed by atoms with Crippen LogP contribution in [0.5, 0.6) is 0 Å². The van der Waals surface area contributed by atoms with E-state index in [-0.39, 0.29) is 22.7 Å². The van der Waals surface area contributed by atoms with Gasteiger partial charge in [0.25, 0.3) is 0 Å². The second-order valence-corrected chi connectivity index (χ2v) is 7.84. The zero-order valence-electron chi connectivity index (χ0n) is 8.84. The van der Waals surface area contributed by atoms with E-state index in [1.165, 1.54) is 11.8 Å². The lowest BCUT2D eigenvalue weighted by atomic mass is 10.1. The van der Waals surface area contributed by atoms with Crippen LogP contribution in [0.3, 0.4) is 0 Å². The zero-order chi connectivity index (χ0) is 11.6. The van der Waals surface area contributed by atoms with E-state index >= 15 is 0 Å². The van der Waals surface area contributed by atoms with E-state index < -0.39 is 21.1 Å². The largest absolute Gasteiger partial charge is 0.480 e. The van der Waals surface area contributed by atoms with Gasteiger partial charge in [-0.25, -0.2) is 8.42 Å². The van der Waals surface area contributed by atoms with Gasteiger partial charge < -0.3 is 5.11 Å². The van der Waals surface area contributed by atoms with Crippen LogP contribution in [0.4, 0.5) is 0 Å². The Morgan fingerprint density at radius 3 is 2.40 bits per heavy atom. The molecule has 1 aliphatic heterocycles. The smallest absolute Gasteiger partial charge is 0.316 e. The van der Waals surface area contributed by atoms with E-state index in [1.54, 1.807) is 0 Å². The maximum absolute atomic E-state index is 11.2. The fraction of sp³-hybridized carbons (Fsp3) is 0.889. The normalized spacial score (nSPS) is 26.7. The Morgan fingerprint density at radius 2 is 2.07 bits per heavy atom. The van der Waals surface area contributed by atoms with Crippen molar-refractivity contribution in [1.82, 2.24) is 0 Å². The topological polar surface area (TPSA) is 71.4 Å². The summed E-state index contributed by atoms with van der Waals surface area (Å²) < 4.78 is 22.4. The molecule has 4 nitrogen and oxygen atoms in total. The van der Waals surface area contributed by atoms with Crippen LogP contribution in [-0.4, -0.2) is 41.5 Å². The van der Waals surface area contributed by atoms with Crippen molar-refractivity contribution in [3.8, 4) is 0 Å². The number of rotatable bonds is 4. The first kappa shape index (κ1) is 12.8. The van der Waals surface area contributed by atoms with Crippen molar-refractivity contribution in [2.75, 3.05) is 11.5 Å². The molecule has 0 spiro atoms. The van der Waals surface area contributed by atoms with E-state index in [1.807, 2.05) is 13.8 Å². The molecule has 1 N–H and O–H groups in total. The first-order chi connectivity index (χ1) is 6.82. The maximum Gasteiger partial charge on any atom is 0.316 e. The van der Waals surface area contributed by atoms with Crippen LogP contribution in [0.15, 0.2) is 0 Å². The average Bonchev–Trinajstić information content (AvgIpc) is 2.40. The SMILES string of the molecule is CC(C)C(SC1CCS(=O)(=O)C1)C(=O)O. The molecule has 6 heteroatoms. The van der Waals surface area contributed by atoms with E-state index in [0.29, 0.717) is 6.42 Å². The minimum atomic E-state index is -2.91. The van der Waals surface area contributed by atoms with Crippen molar-refractivity contribution in [1.29, 1.82) is 0 Å². The standard InChI is InChI=1S/C9H16O4S2/c1-6(2)8(9(10)11)14-7-3-4-15(12,13)5-7/h6-8H,3-5H2,1-2H3,(H,10,11). The second-order valence-electron chi connectivity index (χ2n) is 4.16. The number of hydrogen-bond donors (Lipinski definition) is 1. The van der Waals surface area contributed by atoms with Crippen molar-refractivity contribution in [2.24, 2.45) is 5.92 Å². The van der Waals surface area contributed by atoms with Gasteiger partial charge >= 0.3 is 5.97 Å². The van der Waals surface area contributed by atoms with Crippen LogP contribution in [0.2, 0.25) is 0 Å². The molecule has 0 aliphatic carbocycles. The predicted molar refractivity (Wildman–Crippen MR) is 60.9 cm³/mol.